The van der Waals surface area contributed by atoms with Crippen molar-refractivity contribution >= 4 is 17.4 Å². The number of nitrogens with zero attached hydrogens (tertiary/aromatic N) is 3. The molecular weight excluding hydrogens is 450 g/mol. The van der Waals surface area contributed by atoms with Crippen molar-refractivity contribution in [1.29, 1.82) is 0 Å². The first-order valence-corrected chi connectivity index (χ1v) is 11.4. The second kappa shape index (κ2) is 10.5. The summed E-state index contributed by atoms with van der Waals surface area (Å²) < 4.78 is 13.0. The molecule has 1 aliphatic rings. The molecule has 0 saturated heterocycles. The summed E-state index contributed by atoms with van der Waals surface area (Å²) in [6.07, 6.45) is -0.251. The predicted octanol–water partition coefficient (Wildman–Crippen LogP) is 1.29. The minimum Gasteiger partial charge on any atom is -0.486 e. The van der Waals surface area contributed by atoms with Crippen molar-refractivity contribution in [3.63, 3.8) is 0 Å². The molecule has 10 heteroatoms. The van der Waals surface area contributed by atoms with E-state index < -0.39 is 11.2 Å². The first-order chi connectivity index (χ1) is 16.9. The van der Waals surface area contributed by atoms with Gasteiger partial charge in [0.2, 0.25) is 5.91 Å². The number of rotatable bonds is 8. The molecule has 2 heterocycles. The average Bonchev–Trinajstić information content (AvgIpc) is 2.84. The fourth-order valence-corrected chi connectivity index (χ4v) is 4.10. The second-order valence-corrected chi connectivity index (χ2v) is 8.40. The Hall–Kier alpha value is -4.05. The third kappa shape index (κ3) is 5.38. The van der Waals surface area contributed by atoms with Crippen molar-refractivity contribution in [2.45, 2.75) is 19.6 Å². The Kier molecular flexibility index (Phi) is 7.21. The van der Waals surface area contributed by atoms with Gasteiger partial charge < -0.3 is 20.1 Å². The molecule has 0 aliphatic carbocycles. The maximum Gasteiger partial charge on any atom is 0.330 e. The molecule has 0 saturated carbocycles. The summed E-state index contributed by atoms with van der Waals surface area (Å²) in [5.41, 5.74) is 5.75. The van der Waals surface area contributed by atoms with Gasteiger partial charge in [-0.15, -0.1) is 0 Å². The van der Waals surface area contributed by atoms with E-state index in [9.17, 15) is 14.4 Å². The zero-order chi connectivity index (χ0) is 24.9. The van der Waals surface area contributed by atoms with E-state index in [1.54, 1.807) is 18.9 Å². The van der Waals surface area contributed by atoms with Gasteiger partial charge >= 0.3 is 5.69 Å². The number of ether oxygens (including phenoxy) is 2. The van der Waals surface area contributed by atoms with Crippen molar-refractivity contribution in [3.05, 3.63) is 81.0 Å². The highest BCUT2D eigenvalue weighted by atomic mass is 16.6. The lowest BCUT2D eigenvalue weighted by atomic mass is 10.2. The molecule has 184 valence electrons. The van der Waals surface area contributed by atoms with Gasteiger partial charge in [0.25, 0.3) is 5.56 Å². The number of nitrogens with two attached hydrogens (primary N) is 1. The van der Waals surface area contributed by atoms with Crippen molar-refractivity contribution in [2.24, 2.45) is 0 Å². The highest BCUT2D eigenvalue weighted by Gasteiger charge is 2.26. The van der Waals surface area contributed by atoms with Gasteiger partial charge in [0.05, 0.1) is 13.1 Å². The highest BCUT2D eigenvalue weighted by molar-refractivity contribution is 5.96. The van der Waals surface area contributed by atoms with E-state index >= 15 is 0 Å². The number of carbonyl (C=O) groups excluding carboxylic acids is 1. The summed E-state index contributed by atoms with van der Waals surface area (Å²) in [5.74, 6) is 0.980. The maximum absolute atomic E-state index is 13.2. The van der Waals surface area contributed by atoms with Crippen LogP contribution in [-0.4, -0.2) is 59.8 Å². The van der Waals surface area contributed by atoms with Crippen molar-refractivity contribution < 1.29 is 14.3 Å². The Labute approximate surface area is 202 Å². The Balaban J connectivity index is 1.49. The van der Waals surface area contributed by atoms with Crippen LogP contribution in [0.3, 0.4) is 0 Å². The number of aromatic amines is 1. The molecule has 0 fully saturated rings. The van der Waals surface area contributed by atoms with Gasteiger partial charge in [0.15, 0.2) is 17.2 Å². The van der Waals surface area contributed by atoms with Crippen LogP contribution in [-0.2, 0) is 11.3 Å². The predicted molar refractivity (Wildman–Crippen MR) is 133 cm³/mol. The smallest absolute Gasteiger partial charge is 0.330 e. The van der Waals surface area contributed by atoms with Gasteiger partial charge in [-0.2, -0.15) is 0 Å². The van der Waals surface area contributed by atoms with Gasteiger partial charge in [0, 0.05) is 13.1 Å². The number of hydrogen-bond acceptors (Lipinski definition) is 7. The number of benzene rings is 2. The van der Waals surface area contributed by atoms with Crippen LogP contribution < -0.4 is 31.4 Å². The van der Waals surface area contributed by atoms with E-state index in [0.717, 1.165) is 5.56 Å². The summed E-state index contributed by atoms with van der Waals surface area (Å²) in [6.45, 7) is 2.95. The van der Waals surface area contributed by atoms with E-state index in [1.807, 2.05) is 54.6 Å². The fourth-order valence-electron chi connectivity index (χ4n) is 4.10. The number of H-pyrrole nitrogens is 1. The number of amides is 1. The fraction of sp³-hybridized carbons (Fsp3) is 0.320. The maximum atomic E-state index is 13.2. The number of nitrogens with one attached hydrogen (secondary N) is 1. The molecular formula is C25H29N5O5. The number of fused-ring (bicyclic) bond motifs is 1. The number of para-hydroxylation sites is 2. The van der Waals surface area contributed by atoms with Crippen LogP contribution in [0.2, 0.25) is 0 Å². The molecule has 1 aliphatic heterocycles. The largest absolute Gasteiger partial charge is 0.486 e. The standard InChI is InChI=1S/C25H29N5O5/c1-3-29(21(31)15-28(2)14-18-16-34-19-11-7-8-12-20(19)35-18)22-23(26)30(25(33)27-24(22)32)13-17-9-5-4-6-10-17/h4-12,18H,3,13-16,26H2,1-2H3,(H,27,32,33). The van der Waals surface area contributed by atoms with Crippen LogP contribution in [0.15, 0.2) is 64.2 Å². The molecule has 2 aromatic carbocycles. The highest BCUT2D eigenvalue weighted by Crippen LogP contribution is 2.31. The number of likely N-dealkylation sites (N-methyl/N-ethyl adjacent to an activating group) is 2. The lowest BCUT2D eigenvalue weighted by Gasteiger charge is -2.30. The molecule has 1 aromatic heterocycles. The molecule has 4 rings (SSSR count). The first kappa shape index (κ1) is 24.1. The molecule has 0 radical (unpaired) electrons. The topological polar surface area (TPSA) is 123 Å². The Morgan fingerprint density at radius 3 is 2.51 bits per heavy atom. The van der Waals surface area contributed by atoms with Crippen LogP contribution in [0.5, 0.6) is 11.5 Å². The summed E-state index contributed by atoms with van der Waals surface area (Å²) in [7, 11) is 1.79. The zero-order valence-corrected chi connectivity index (χ0v) is 19.8. The minimum atomic E-state index is -0.699. The number of hydrogen-bond donors (Lipinski definition) is 2. The third-order valence-corrected chi connectivity index (χ3v) is 5.77. The SMILES string of the molecule is CCN(C(=O)CN(C)CC1COc2ccccc2O1)c1c(N)n(Cc2ccccc2)c(=O)[nH]c1=O. The first-order valence-electron chi connectivity index (χ1n) is 11.4. The van der Waals surface area contributed by atoms with E-state index in [-0.39, 0.29) is 43.2 Å². The lowest BCUT2D eigenvalue weighted by Crippen LogP contribution is -2.47. The summed E-state index contributed by atoms with van der Waals surface area (Å²) in [6, 6.07) is 16.7. The van der Waals surface area contributed by atoms with Gasteiger partial charge in [-0.3, -0.25) is 24.0 Å². The van der Waals surface area contributed by atoms with E-state index in [1.165, 1.54) is 9.47 Å². The van der Waals surface area contributed by atoms with Crippen LogP contribution in [0.25, 0.3) is 0 Å². The Morgan fingerprint density at radius 2 is 1.80 bits per heavy atom. The van der Waals surface area contributed by atoms with Crippen molar-refractivity contribution in [2.75, 3.05) is 43.9 Å². The number of aromatic nitrogens is 2. The molecule has 0 bridgehead atoms. The van der Waals surface area contributed by atoms with Crippen LogP contribution >= 0.6 is 0 Å². The van der Waals surface area contributed by atoms with Crippen LogP contribution in [0.1, 0.15) is 12.5 Å². The normalized spacial score (nSPS) is 14.7. The molecule has 0 spiro atoms. The number of nitrogen functional groups attached to an aromatic ring is 1. The van der Waals surface area contributed by atoms with Gasteiger partial charge in [-0.25, -0.2) is 4.79 Å². The third-order valence-electron chi connectivity index (χ3n) is 5.77. The summed E-state index contributed by atoms with van der Waals surface area (Å²) in [5, 5.41) is 0. The van der Waals surface area contributed by atoms with E-state index in [4.69, 9.17) is 15.2 Å². The lowest BCUT2D eigenvalue weighted by molar-refractivity contribution is -0.119. The molecule has 1 atom stereocenters. The number of anilines is 2. The molecule has 1 unspecified atom stereocenters. The van der Waals surface area contributed by atoms with Gasteiger partial charge in [-0.05, 0) is 31.7 Å². The quantitative estimate of drug-likeness (QED) is 0.499. The monoisotopic (exact) mass is 479 g/mol. The average molecular weight is 480 g/mol. The van der Waals surface area contributed by atoms with Crippen molar-refractivity contribution in [3.8, 4) is 11.5 Å². The molecule has 1 amide bonds. The molecule has 35 heavy (non-hydrogen) atoms. The molecule has 3 aromatic rings. The van der Waals surface area contributed by atoms with Gasteiger partial charge in [-0.1, -0.05) is 42.5 Å². The zero-order valence-electron chi connectivity index (χ0n) is 19.8. The number of carbonyl (C=O) groups is 1. The Bertz CT molecular complexity index is 1300. The molecule has 10 nitrogen and oxygen atoms in total. The summed E-state index contributed by atoms with van der Waals surface area (Å²) in [4.78, 5) is 43.8. The van der Waals surface area contributed by atoms with E-state index in [0.29, 0.717) is 24.7 Å². The van der Waals surface area contributed by atoms with Crippen molar-refractivity contribution in [1.82, 2.24) is 14.5 Å². The Morgan fingerprint density at radius 1 is 1.11 bits per heavy atom. The summed E-state index contributed by atoms with van der Waals surface area (Å²) >= 11 is 0. The molecule has 3 N–H and O–H groups in total. The van der Waals surface area contributed by atoms with Crippen LogP contribution in [0, 0.1) is 0 Å². The van der Waals surface area contributed by atoms with Crippen LogP contribution in [0.4, 0.5) is 11.5 Å². The van der Waals surface area contributed by atoms with E-state index in [2.05, 4.69) is 4.98 Å². The second-order valence-electron chi connectivity index (χ2n) is 8.40. The van der Waals surface area contributed by atoms with Gasteiger partial charge in [0.1, 0.15) is 18.5 Å². The minimum absolute atomic E-state index is 0.0199.